The number of alkyl halides is 6. The summed E-state index contributed by atoms with van der Waals surface area (Å²) in [6.07, 6.45) is -7.15. The lowest BCUT2D eigenvalue weighted by Crippen LogP contribution is -2.12. The van der Waals surface area contributed by atoms with Crippen LogP contribution >= 0.6 is 0 Å². The van der Waals surface area contributed by atoms with Crippen molar-refractivity contribution in [1.82, 2.24) is 0 Å². The van der Waals surface area contributed by atoms with Crippen molar-refractivity contribution in [2.24, 2.45) is 0 Å². The highest BCUT2D eigenvalue weighted by Crippen LogP contribution is 2.34. The minimum Gasteiger partial charge on any atom is -0.493 e. The van der Waals surface area contributed by atoms with Gasteiger partial charge in [0.2, 0.25) is 0 Å². The van der Waals surface area contributed by atoms with Crippen LogP contribution in [0.4, 0.5) is 26.3 Å². The van der Waals surface area contributed by atoms with Gasteiger partial charge in [-0.25, -0.2) is 9.59 Å². The molecule has 6 nitrogen and oxygen atoms in total. The topological polar surface area (TPSA) is 82.1 Å². The maximum absolute atomic E-state index is 12.7. The van der Waals surface area contributed by atoms with E-state index in [1.807, 2.05) is 13.8 Å². The molecule has 0 aromatic heterocycles. The molecular formula is C25H28F6O6. The molecule has 0 aliphatic rings. The maximum Gasteiger partial charge on any atom is 0.416 e. The van der Waals surface area contributed by atoms with E-state index in [0.717, 1.165) is 30.3 Å². The van der Waals surface area contributed by atoms with E-state index in [1.165, 1.54) is 0 Å². The average molecular weight is 538 g/mol. The van der Waals surface area contributed by atoms with Crippen molar-refractivity contribution in [1.29, 1.82) is 0 Å². The minimum absolute atomic E-state index is 0.0138. The summed E-state index contributed by atoms with van der Waals surface area (Å²) in [7, 11) is 0. The summed E-state index contributed by atoms with van der Waals surface area (Å²) >= 11 is 0. The zero-order chi connectivity index (χ0) is 28.2. The molecular weight excluding hydrogens is 510 g/mol. The minimum atomic E-state index is -4.51. The number of aromatic carboxylic acids is 1. The molecule has 0 radical (unpaired) electrons. The van der Waals surface area contributed by atoms with Gasteiger partial charge >= 0.3 is 24.3 Å². The van der Waals surface area contributed by atoms with Crippen molar-refractivity contribution < 1.29 is 55.2 Å². The number of halogens is 6. The third-order valence-electron chi connectivity index (χ3n) is 4.43. The van der Waals surface area contributed by atoms with Crippen LogP contribution in [0.15, 0.2) is 36.4 Å². The van der Waals surface area contributed by atoms with E-state index < -0.39 is 35.4 Å². The fourth-order valence-electron chi connectivity index (χ4n) is 2.68. The fourth-order valence-corrected chi connectivity index (χ4v) is 2.68. The first-order chi connectivity index (χ1) is 17.3. The van der Waals surface area contributed by atoms with Gasteiger partial charge in [0.25, 0.3) is 0 Å². The number of esters is 1. The highest BCUT2D eigenvalue weighted by molar-refractivity contribution is 5.92. The quantitative estimate of drug-likeness (QED) is 0.253. The van der Waals surface area contributed by atoms with Crippen LogP contribution in [0.2, 0.25) is 0 Å². The lowest BCUT2D eigenvalue weighted by Gasteiger charge is -2.13. The third-order valence-corrected chi connectivity index (χ3v) is 4.43. The van der Waals surface area contributed by atoms with Gasteiger partial charge in [0.15, 0.2) is 0 Å². The second kappa shape index (κ2) is 14.3. The number of carboxylic acid groups (broad SMARTS) is 1. The second-order valence-electron chi connectivity index (χ2n) is 7.56. The van der Waals surface area contributed by atoms with Crippen LogP contribution in [0.25, 0.3) is 0 Å². The number of rotatable bonds is 10. The molecule has 0 spiro atoms. The van der Waals surface area contributed by atoms with Gasteiger partial charge in [-0.3, -0.25) is 0 Å². The summed E-state index contributed by atoms with van der Waals surface area (Å²) in [5, 5.41) is 8.80. The van der Waals surface area contributed by atoms with Gasteiger partial charge in [0, 0.05) is 0 Å². The first kappa shape index (κ1) is 31.6. The number of carbonyl (C=O) groups excluding carboxylic acids is 1. The van der Waals surface area contributed by atoms with Gasteiger partial charge in [-0.15, -0.1) is 0 Å². The Hall–Kier alpha value is -3.44. The first-order valence-electron chi connectivity index (χ1n) is 11.3. The van der Waals surface area contributed by atoms with E-state index in [0.29, 0.717) is 25.3 Å². The molecule has 0 bridgehead atoms. The highest BCUT2D eigenvalue weighted by atomic mass is 19.4. The molecule has 1 N–H and O–H groups in total. The van der Waals surface area contributed by atoms with Crippen LogP contribution in [0.1, 0.15) is 71.9 Å². The maximum atomic E-state index is 12.7. The predicted octanol–water partition coefficient (Wildman–Crippen LogP) is 7.25. The van der Waals surface area contributed by atoms with Crippen LogP contribution in [0.5, 0.6) is 11.5 Å². The Labute approximate surface area is 210 Å². The van der Waals surface area contributed by atoms with Crippen molar-refractivity contribution >= 4 is 11.9 Å². The van der Waals surface area contributed by atoms with Crippen molar-refractivity contribution in [2.75, 3.05) is 19.8 Å². The average Bonchev–Trinajstić information content (AvgIpc) is 2.83. The number of carboxylic acids is 1. The number of hydrogen-bond acceptors (Lipinski definition) is 5. The van der Waals surface area contributed by atoms with Gasteiger partial charge in [-0.2, -0.15) is 26.3 Å². The van der Waals surface area contributed by atoms with Crippen LogP contribution in [0, 0.1) is 0 Å². The van der Waals surface area contributed by atoms with Crippen LogP contribution in [-0.2, 0) is 17.1 Å². The lowest BCUT2D eigenvalue weighted by atomic mass is 10.1. The standard InChI is InChI=1S/C14H17F3O3.C11H11F3O3/c1-3-7-19-12-9-10(14(15,16)17)5-6-11(12)13(18)20-8-4-2;1-2-5-17-9-6-7(11(12,13)14)3-4-8(9)10(15)16/h5-6,9H,3-4,7-8H2,1-2H3;3-4,6H,2,5H2,1H3,(H,15,16). The van der Waals surface area contributed by atoms with Gasteiger partial charge in [0.05, 0.1) is 30.9 Å². The highest BCUT2D eigenvalue weighted by Gasteiger charge is 2.33. The summed E-state index contributed by atoms with van der Waals surface area (Å²) < 4.78 is 90.4. The van der Waals surface area contributed by atoms with Crippen LogP contribution < -0.4 is 9.47 Å². The van der Waals surface area contributed by atoms with Gasteiger partial charge in [0.1, 0.15) is 22.6 Å². The van der Waals surface area contributed by atoms with E-state index in [2.05, 4.69) is 0 Å². The Morgan fingerprint density at radius 2 is 1.11 bits per heavy atom. The Kier molecular flexibility index (Phi) is 12.2. The third kappa shape index (κ3) is 10.2. The second-order valence-corrected chi connectivity index (χ2v) is 7.56. The molecule has 2 rings (SSSR count). The lowest BCUT2D eigenvalue weighted by molar-refractivity contribution is -0.138. The van der Waals surface area contributed by atoms with Gasteiger partial charge < -0.3 is 19.3 Å². The largest absolute Gasteiger partial charge is 0.493 e. The number of carbonyl (C=O) groups is 2. The Bertz CT molecular complexity index is 1030. The molecule has 0 aliphatic heterocycles. The Balaban J connectivity index is 0.000000375. The van der Waals surface area contributed by atoms with Gasteiger partial charge in [-0.05, 0) is 55.7 Å². The SMILES string of the molecule is CCCOC(=O)c1ccc(C(F)(F)F)cc1OCCC.CCCOc1cc(C(F)(F)F)ccc1C(=O)O. The molecule has 0 heterocycles. The molecule has 0 saturated heterocycles. The molecule has 0 saturated carbocycles. The molecule has 0 fully saturated rings. The van der Waals surface area contributed by atoms with E-state index in [4.69, 9.17) is 19.3 Å². The normalized spacial score (nSPS) is 11.3. The molecule has 2 aromatic carbocycles. The Morgan fingerprint density at radius 1 is 0.703 bits per heavy atom. The van der Waals surface area contributed by atoms with Crippen molar-refractivity contribution in [3.8, 4) is 11.5 Å². The molecule has 12 heteroatoms. The molecule has 37 heavy (non-hydrogen) atoms. The molecule has 2 aromatic rings. The number of ether oxygens (including phenoxy) is 3. The van der Waals surface area contributed by atoms with Crippen molar-refractivity contribution in [3.05, 3.63) is 58.7 Å². The smallest absolute Gasteiger partial charge is 0.416 e. The van der Waals surface area contributed by atoms with E-state index in [9.17, 15) is 35.9 Å². The first-order valence-corrected chi connectivity index (χ1v) is 11.3. The van der Waals surface area contributed by atoms with Crippen LogP contribution in [-0.4, -0.2) is 36.9 Å². The van der Waals surface area contributed by atoms with Crippen molar-refractivity contribution in [2.45, 2.75) is 52.4 Å². The molecule has 0 unspecified atom stereocenters. The number of benzene rings is 2. The zero-order valence-electron chi connectivity index (χ0n) is 20.5. The Morgan fingerprint density at radius 3 is 1.49 bits per heavy atom. The molecule has 0 atom stereocenters. The summed E-state index contributed by atoms with van der Waals surface area (Å²) in [6.45, 7) is 6.04. The molecule has 0 aliphatic carbocycles. The zero-order valence-corrected chi connectivity index (χ0v) is 20.5. The monoisotopic (exact) mass is 538 g/mol. The van der Waals surface area contributed by atoms with E-state index in [-0.39, 0.29) is 42.4 Å². The summed E-state index contributed by atoms with van der Waals surface area (Å²) in [5.41, 5.74) is -2.03. The predicted molar refractivity (Wildman–Crippen MR) is 122 cm³/mol. The molecule has 206 valence electrons. The van der Waals surface area contributed by atoms with Gasteiger partial charge in [-0.1, -0.05) is 20.8 Å². The molecule has 0 amide bonds. The van der Waals surface area contributed by atoms with Crippen LogP contribution in [0.3, 0.4) is 0 Å². The summed E-state index contributed by atoms with van der Waals surface area (Å²) in [4.78, 5) is 22.5. The van der Waals surface area contributed by atoms with Crippen molar-refractivity contribution in [3.63, 3.8) is 0 Å². The number of hydrogen-bond donors (Lipinski definition) is 1. The van der Waals surface area contributed by atoms with E-state index in [1.54, 1.807) is 6.92 Å². The fraction of sp³-hybridized carbons (Fsp3) is 0.440. The van der Waals surface area contributed by atoms with E-state index >= 15 is 0 Å². The summed E-state index contributed by atoms with van der Waals surface area (Å²) in [5.74, 6) is -2.34. The summed E-state index contributed by atoms with van der Waals surface area (Å²) in [6, 6.07) is 5.10.